The zero-order chi connectivity index (χ0) is 10.8. The fourth-order valence-electron chi connectivity index (χ4n) is 3.29. The molecule has 1 saturated carbocycles. The lowest BCUT2D eigenvalue weighted by atomic mass is 9.77. The summed E-state index contributed by atoms with van der Waals surface area (Å²) in [5, 5.41) is 0. The highest BCUT2D eigenvalue weighted by atomic mass is 14.4. The van der Waals surface area contributed by atoms with Gasteiger partial charge in [-0.2, -0.15) is 0 Å². The van der Waals surface area contributed by atoms with Gasteiger partial charge in [0, 0.05) is 24.3 Å². The van der Waals surface area contributed by atoms with Crippen LogP contribution in [-0.2, 0) is 5.41 Å². The summed E-state index contributed by atoms with van der Waals surface area (Å²) in [7, 11) is 0. The number of hydrogen-bond acceptors (Lipinski definition) is 0. The van der Waals surface area contributed by atoms with Crippen molar-refractivity contribution < 1.29 is 0 Å². The van der Waals surface area contributed by atoms with E-state index in [0.717, 1.165) is 0 Å². The van der Waals surface area contributed by atoms with Crippen molar-refractivity contribution in [1.82, 2.24) is 0 Å². The van der Waals surface area contributed by atoms with Gasteiger partial charge >= 0.3 is 0 Å². The SMILES string of the molecule is C1=CC2(CCCCCC2)c2ccccc[c+]21. The van der Waals surface area contributed by atoms with Gasteiger partial charge in [0.2, 0.25) is 0 Å². The smallest absolute Gasteiger partial charge is 0.0532 e. The summed E-state index contributed by atoms with van der Waals surface area (Å²) in [5.74, 6) is 0. The minimum Gasteiger partial charge on any atom is -0.0532 e. The molecule has 1 fully saturated rings. The van der Waals surface area contributed by atoms with Gasteiger partial charge < -0.3 is 0 Å². The van der Waals surface area contributed by atoms with E-state index in [1.807, 2.05) is 0 Å². The van der Waals surface area contributed by atoms with E-state index in [-0.39, 0.29) is 0 Å². The lowest BCUT2D eigenvalue weighted by Crippen LogP contribution is -2.20. The first-order valence-corrected chi connectivity index (χ1v) is 6.53. The zero-order valence-electron chi connectivity index (χ0n) is 9.78. The summed E-state index contributed by atoms with van der Waals surface area (Å²) >= 11 is 0. The van der Waals surface area contributed by atoms with Crippen molar-refractivity contribution in [2.45, 2.75) is 43.9 Å². The van der Waals surface area contributed by atoms with E-state index in [2.05, 4.69) is 42.5 Å². The lowest BCUT2D eigenvalue weighted by Gasteiger charge is -2.22. The van der Waals surface area contributed by atoms with Gasteiger partial charge in [0.15, 0.2) is 0 Å². The Balaban J connectivity index is 2.07. The maximum Gasteiger partial charge on any atom is 0.0660 e. The minimum absolute atomic E-state index is 0.380. The van der Waals surface area contributed by atoms with Crippen LogP contribution in [0.3, 0.4) is 0 Å². The van der Waals surface area contributed by atoms with Crippen molar-refractivity contribution in [3.8, 4) is 0 Å². The van der Waals surface area contributed by atoms with E-state index >= 15 is 0 Å². The minimum atomic E-state index is 0.380. The molecule has 0 aliphatic heterocycles. The van der Waals surface area contributed by atoms with Gasteiger partial charge in [-0.15, -0.1) is 0 Å². The second kappa shape index (κ2) is 4.01. The van der Waals surface area contributed by atoms with E-state index in [0.29, 0.717) is 5.41 Å². The molecule has 2 aliphatic carbocycles. The summed E-state index contributed by atoms with van der Waals surface area (Å²) in [6.45, 7) is 0. The predicted molar refractivity (Wildman–Crippen MR) is 69.3 cm³/mol. The normalized spacial score (nSPS) is 21.8. The standard InChI is InChI=1S/C16H19/c1-2-7-12-16(11-6-1)13-10-14-8-4-3-5-9-15(14)16/h3-5,8-10,13H,1-2,6-7,11-12H2/q+1. The van der Waals surface area contributed by atoms with E-state index in [4.69, 9.17) is 0 Å². The lowest BCUT2D eigenvalue weighted by molar-refractivity contribution is 0.470. The molecule has 0 aromatic heterocycles. The average molecular weight is 211 g/mol. The number of allylic oxidation sites excluding steroid dienone is 1. The molecule has 0 heterocycles. The molecule has 0 unspecified atom stereocenters. The van der Waals surface area contributed by atoms with Crippen LogP contribution in [0.1, 0.15) is 49.7 Å². The van der Waals surface area contributed by atoms with Crippen LogP contribution >= 0.6 is 0 Å². The monoisotopic (exact) mass is 211 g/mol. The summed E-state index contributed by atoms with van der Waals surface area (Å²) in [6, 6.07) is 11.1. The van der Waals surface area contributed by atoms with Crippen molar-refractivity contribution in [3.05, 3.63) is 47.5 Å². The first-order chi connectivity index (χ1) is 7.91. The Labute approximate surface area is 98.0 Å². The van der Waals surface area contributed by atoms with Crippen LogP contribution in [0.2, 0.25) is 0 Å². The molecule has 3 rings (SSSR count). The van der Waals surface area contributed by atoms with E-state index in [1.165, 1.54) is 44.1 Å². The van der Waals surface area contributed by atoms with Crippen LogP contribution in [0.5, 0.6) is 0 Å². The van der Waals surface area contributed by atoms with E-state index in [9.17, 15) is 0 Å². The van der Waals surface area contributed by atoms with Crippen molar-refractivity contribution in [2.75, 3.05) is 0 Å². The first-order valence-electron chi connectivity index (χ1n) is 6.53. The molecule has 16 heavy (non-hydrogen) atoms. The Hall–Kier alpha value is -1.17. The predicted octanol–water partition coefficient (Wildman–Crippen LogP) is 4.59. The third kappa shape index (κ3) is 1.57. The Kier molecular flexibility index (Phi) is 2.51. The maximum absolute atomic E-state index is 2.48. The number of fused-ring (bicyclic) bond motifs is 2. The summed E-state index contributed by atoms with van der Waals surface area (Å²) in [6.07, 6.45) is 13.1. The van der Waals surface area contributed by atoms with Gasteiger partial charge in [-0.1, -0.05) is 25.7 Å². The summed E-state index contributed by atoms with van der Waals surface area (Å²) in [4.78, 5) is 0. The highest BCUT2D eigenvalue weighted by molar-refractivity contribution is 5.64. The number of rotatable bonds is 0. The molecule has 0 atom stereocenters. The van der Waals surface area contributed by atoms with Crippen LogP contribution in [0.4, 0.5) is 0 Å². The fraction of sp³-hybridized carbons (Fsp3) is 0.438. The number of hydrogen-bond donors (Lipinski definition) is 0. The van der Waals surface area contributed by atoms with E-state index in [1.54, 1.807) is 5.56 Å². The quantitative estimate of drug-likeness (QED) is 0.551. The Morgan fingerprint density at radius 1 is 0.938 bits per heavy atom. The molecule has 0 nitrogen and oxygen atoms in total. The summed E-state index contributed by atoms with van der Waals surface area (Å²) in [5.41, 5.74) is 3.39. The third-order valence-corrected chi connectivity index (χ3v) is 4.19. The van der Waals surface area contributed by atoms with Gasteiger partial charge in [-0.3, -0.25) is 0 Å². The third-order valence-electron chi connectivity index (χ3n) is 4.19. The summed E-state index contributed by atoms with van der Waals surface area (Å²) < 4.78 is 0. The highest BCUT2D eigenvalue weighted by Gasteiger charge is 2.39. The van der Waals surface area contributed by atoms with Crippen molar-refractivity contribution in [3.63, 3.8) is 0 Å². The highest BCUT2D eigenvalue weighted by Crippen LogP contribution is 2.44. The second-order valence-electron chi connectivity index (χ2n) is 5.18. The topological polar surface area (TPSA) is 0 Å². The maximum atomic E-state index is 2.48. The molecule has 0 radical (unpaired) electrons. The van der Waals surface area contributed by atoms with Crippen LogP contribution in [0, 0.1) is 0 Å². The van der Waals surface area contributed by atoms with Crippen LogP contribution in [-0.4, -0.2) is 0 Å². The van der Waals surface area contributed by atoms with Gasteiger partial charge in [-0.25, -0.2) is 0 Å². The molecule has 1 aromatic rings. The molecule has 0 N–H and O–H groups in total. The molecule has 82 valence electrons. The van der Waals surface area contributed by atoms with Gasteiger partial charge in [-0.05, 0) is 31.1 Å². The molecule has 0 bridgehead atoms. The molecule has 1 spiro atoms. The molecular weight excluding hydrogens is 192 g/mol. The van der Waals surface area contributed by atoms with Gasteiger partial charge in [0.25, 0.3) is 0 Å². The largest absolute Gasteiger partial charge is 0.0660 e. The molecule has 0 saturated heterocycles. The van der Waals surface area contributed by atoms with Gasteiger partial charge in [0.05, 0.1) is 16.5 Å². The molecule has 2 aliphatic rings. The Morgan fingerprint density at radius 3 is 2.56 bits per heavy atom. The van der Waals surface area contributed by atoms with Gasteiger partial charge in [0.1, 0.15) is 0 Å². The fourth-order valence-corrected chi connectivity index (χ4v) is 3.29. The average Bonchev–Trinajstić information content (AvgIpc) is 2.55. The Bertz CT molecular complexity index is 412. The van der Waals surface area contributed by atoms with E-state index < -0.39 is 0 Å². The van der Waals surface area contributed by atoms with Crippen molar-refractivity contribution in [2.24, 2.45) is 0 Å². The van der Waals surface area contributed by atoms with Crippen LogP contribution in [0.25, 0.3) is 6.08 Å². The van der Waals surface area contributed by atoms with Crippen molar-refractivity contribution in [1.29, 1.82) is 0 Å². The molecule has 0 heteroatoms. The van der Waals surface area contributed by atoms with Crippen LogP contribution < -0.4 is 0 Å². The van der Waals surface area contributed by atoms with Crippen LogP contribution in [0.15, 0.2) is 36.4 Å². The zero-order valence-corrected chi connectivity index (χ0v) is 9.78. The Morgan fingerprint density at radius 2 is 1.75 bits per heavy atom. The first kappa shape index (κ1) is 10.0. The van der Waals surface area contributed by atoms with Crippen molar-refractivity contribution >= 4 is 6.08 Å². The second-order valence-corrected chi connectivity index (χ2v) is 5.18. The molecule has 1 aromatic carbocycles. The molecule has 0 amide bonds. The molecular formula is C16H19+.